The van der Waals surface area contributed by atoms with Gasteiger partial charge in [0.15, 0.2) is 0 Å². The Hall–Kier alpha value is -3.96. The van der Waals surface area contributed by atoms with Crippen LogP contribution in [-0.4, -0.2) is 31.1 Å². The second kappa shape index (κ2) is 14.7. The minimum absolute atomic E-state index is 0.144. The molecular weight excluding hydrogens is 594 g/mol. The highest BCUT2D eigenvalue weighted by Gasteiger charge is 2.31. The highest BCUT2D eigenvalue weighted by molar-refractivity contribution is 5.95. The summed E-state index contributed by atoms with van der Waals surface area (Å²) >= 11 is 0. The molecule has 0 unspecified atom stereocenters. The molecule has 256 valence electrons. The van der Waals surface area contributed by atoms with Gasteiger partial charge in [-0.2, -0.15) is 0 Å². The first-order valence-electron chi connectivity index (χ1n) is 17.6. The fourth-order valence-electron chi connectivity index (χ4n) is 5.91. The Morgan fingerprint density at radius 2 is 1.42 bits per heavy atom. The van der Waals surface area contributed by atoms with E-state index in [4.69, 9.17) is 18.9 Å². The Morgan fingerprint density at radius 1 is 0.812 bits per heavy atom. The van der Waals surface area contributed by atoms with Crippen LogP contribution in [0.1, 0.15) is 97.4 Å². The lowest BCUT2D eigenvalue weighted by molar-refractivity contribution is 0.183. The van der Waals surface area contributed by atoms with Crippen LogP contribution < -0.4 is 18.9 Å². The van der Waals surface area contributed by atoms with Crippen LogP contribution in [0.4, 0.5) is 0 Å². The first-order valence-corrected chi connectivity index (χ1v) is 17.6. The predicted octanol–water partition coefficient (Wildman–Crippen LogP) is 11.1. The van der Waals surface area contributed by atoms with Crippen LogP contribution in [-0.2, 0) is 0 Å². The van der Waals surface area contributed by atoms with Gasteiger partial charge < -0.3 is 18.9 Å². The van der Waals surface area contributed by atoms with E-state index in [-0.39, 0.29) is 16.9 Å². The number of likely N-dealkylation sites (tertiary alicyclic amines) is 1. The maximum atomic E-state index is 6.87. The smallest absolute Gasteiger partial charge is 0.150 e. The summed E-state index contributed by atoms with van der Waals surface area (Å²) in [6.07, 6.45) is 3.58. The van der Waals surface area contributed by atoms with Crippen LogP contribution in [0, 0.1) is 16.7 Å². The molecule has 0 N–H and O–H groups in total. The zero-order valence-electron chi connectivity index (χ0n) is 30.4. The summed E-state index contributed by atoms with van der Waals surface area (Å²) in [7, 11) is 0. The van der Waals surface area contributed by atoms with E-state index in [9.17, 15) is 0 Å². The monoisotopic (exact) mass is 649 g/mol. The molecule has 5 heteroatoms. The maximum absolute atomic E-state index is 6.87. The van der Waals surface area contributed by atoms with Crippen molar-refractivity contribution >= 4 is 11.1 Å². The number of rotatable bonds is 12. The van der Waals surface area contributed by atoms with Gasteiger partial charge in [0.25, 0.3) is 0 Å². The quantitative estimate of drug-likeness (QED) is 0.183. The van der Waals surface area contributed by atoms with Gasteiger partial charge in [-0.1, -0.05) is 92.3 Å². The number of benzene rings is 3. The Balaban J connectivity index is 1.43. The second-order valence-electron chi connectivity index (χ2n) is 15.2. The molecular formula is C43H55NO4. The van der Waals surface area contributed by atoms with Gasteiger partial charge in [-0.3, -0.25) is 4.90 Å². The molecule has 5 rings (SSSR count). The summed E-state index contributed by atoms with van der Waals surface area (Å²) in [5.74, 6) is 5.02. The van der Waals surface area contributed by atoms with E-state index in [0.717, 1.165) is 57.4 Å². The van der Waals surface area contributed by atoms with Crippen LogP contribution in [0.15, 0.2) is 91.4 Å². The van der Waals surface area contributed by atoms with Crippen molar-refractivity contribution in [1.29, 1.82) is 0 Å². The largest absolute Gasteiger partial charge is 0.492 e. The zero-order chi connectivity index (χ0) is 34.6. The Morgan fingerprint density at radius 3 is 2.04 bits per heavy atom. The molecule has 2 heterocycles. The van der Waals surface area contributed by atoms with E-state index in [1.54, 1.807) is 0 Å². The van der Waals surface area contributed by atoms with Crippen LogP contribution >= 0.6 is 0 Å². The molecule has 1 atom stereocenters. The van der Waals surface area contributed by atoms with Gasteiger partial charge in [0.05, 0.1) is 0 Å². The Labute approximate surface area is 289 Å². The molecule has 0 amide bonds. The van der Waals surface area contributed by atoms with E-state index in [1.807, 2.05) is 24.3 Å². The third kappa shape index (κ3) is 8.18. The molecule has 3 aromatic rings. The van der Waals surface area contributed by atoms with Crippen molar-refractivity contribution < 1.29 is 18.9 Å². The van der Waals surface area contributed by atoms with Crippen molar-refractivity contribution in [2.45, 2.75) is 80.8 Å². The first-order chi connectivity index (χ1) is 22.7. The van der Waals surface area contributed by atoms with Crippen molar-refractivity contribution in [2.24, 2.45) is 16.7 Å². The minimum Gasteiger partial charge on any atom is -0.492 e. The normalized spacial score (nSPS) is 17.1. The van der Waals surface area contributed by atoms with Crippen LogP contribution in [0.2, 0.25) is 0 Å². The highest BCUT2D eigenvalue weighted by atomic mass is 16.5. The standard InChI is InChI=1S/C43H55NO4/c1-29(2)43(9,10)32(5)47-36-20-14-33(15-21-36)40-30(3)38-23-22-37(46-31(4)42(6,7)8)28-39(38)48-41(40)34-16-18-35(19-17-34)45-27-26-44-24-12-11-13-25-44/h14-23,28-29,41H,4-5,11-13,24-27H2,1-3,6-10H3/t41-/m0/s1. The third-order valence-corrected chi connectivity index (χ3v) is 10.2. The van der Waals surface area contributed by atoms with Crippen molar-refractivity contribution in [1.82, 2.24) is 4.90 Å². The maximum Gasteiger partial charge on any atom is 0.150 e. The Kier molecular flexibility index (Phi) is 10.8. The van der Waals surface area contributed by atoms with Crippen LogP contribution in [0.3, 0.4) is 0 Å². The lowest BCUT2D eigenvalue weighted by Crippen LogP contribution is -2.33. The number of fused-ring (bicyclic) bond motifs is 1. The fourth-order valence-corrected chi connectivity index (χ4v) is 5.91. The van der Waals surface area contributed by atoms with Crippen LogP contribution in [0.25, 0.3) is 11.1 Å². The fraction of sp³-hybridized carbons (Fsp3) is 0.442. The summed E-state index contributed by atoms with van der Waals surface area (Å²) in [5, 5.41) is 0. The van der Waals surface area contributed by atoms with Gasteiger partial charge in [0.2, 0.25) is 0 Å². The van der Waals surface area contributed by atoms with E-state index in [2.05, 4.69) is 116 Å². The highest BCUT2D eigenvalue weighted by Crippen LogP contribution is 2.48. The first kappa shape index (κ1) is 35.3. The summed E-state index contributed by atoms with van der Waals surface area (Å²) in [6, 6.07) is 22.7. The topological polar surface area (TPSA) is 40.2 Å². The Bertz CT molecular complexity index is 1620. The van der Waals surface area contributed by atoms with E-state index in [1.165, 1.54) is 32.4 Å². The molecule has 0 radical (unpaired) electrons. The molecule has 1 saturated heterocycles. The number of ether oxygens (including phenoxy) is 4. The number of piperidine rings is 1. The molecule has 0 aromatic heterocycles. The lowest BCUT2D eigenvalue weighted by Gasteiger charge is -2.32. The lowest BCUT2D eigenvalue weighted by atomic mass is 9.80. The van der Waals surface area contributed by atoms with Gasteiger partial charge in [0.1, 0.15) is 47.2 Å². The third-order valence-electron chi connectivity index (χ3n) is 10.2. The number of hydrogen-bond donors (Lipinski definition) is 0. The molecule has 0 saturated carbocycles. The summed E-state index contributed by atoms with van der Waals surface area (Å²) < 4.78 is 25.5. The van der Waals surface area contributed by atoms with E-state index < -0.39 is 0 Å². The SMILES string of the molecule is C=C(Oc1ccc2c(c1)O[C@@H](c1ccc(OCCN3CCCCC3)cc1)C(c1ccc(OC(=C)C(C)(C)C(C)C)cc1)=C2C)C(C)(C)C. The van der Waals surface area contributed by atoms with Gasteiger partial charge >= 0.3 is 0 Å². The molecule has 0 spiro atoms. The minimum atomic E-state index is -0.331. The van der Waals surface area contributed by atoms with Gasteiger partial charge in [0, 0.05) is 34.6 Å². The molecule has 0 aliphatic carbocycles. The number of allylic oxidation sites excluding steroid dienone is 3. The van der Waals surface area contributed by atoms with Gasteiger partial charge in [-0.25, -0.2) is 0 Å². The molecule has 48 heavy (non-hydrogen) atoms. The van der Waals surface area contributed by atoms with Crippen molar-refractivity contribution in [3.05, 3.63) is 108 Å². The molecule has 5 nitrogen and oxygen atoms in total. The molecule has 1 fully saturated rings. The van der Waals surface area contributed by atoms with E-state index in [0.29, 0.717) is 24.0 Å². The zero-order valence-corrected chi connectivity index (χ0v) is 30.4. The molecule has 2 aliphatic rings. The van der Waals surface area contributed by atoms with Gasteiger partial charge in [-0.15, -0.1) is 0 Å². The number of hydrogen-bond acceptors (Lipinski definition) is 5. The summed E-state index contributed by atoms with van der Waals surface area (Å²) in [4.78, 5) is 2.50. The second-order valence-corrected chi connectivity index (χ2v) is 15.2. The summed E-state index contributed by atoms with van der Waals surface area (Å²) in [6.45, 7) is 29.6. The van der Waals surface area contributed by atoms with Crippen LogP contribution in [0.5, 0.6) is 23.0 Å². The number of nitrogens with zero attached hydrogens (tertiary/aromatic N) is 1. The molecule has 3 aromatic carbocycles. The average Bonchev–Trinajstić information content (AvgIpc) is 3.05. The van der Waals surface area contributed by atoms with E-state index >= 15 is 0 Å². The molecule has 2 aliphatic heterocycles. The summed E-state index contributed by atoms with van der Waals surface area (Å²) in [5.41, 5.74) is 5.12. The average molecular weight is 650 g/mol. The molecule has 0 bridgehead atoms. The van der Waals surface area contributed by atoms with Crippen molar-refractivity contribution in [2.75, 3.05) is 26.2 Å². The predicted molar refractivity (Wildman–Crippen MR) is 199 cm³/mol. The van der Waals surface area contributed by atoms with Gasteiger partial charge in [-0.05, 0) is 91.9 Å². The van der Waals surface area contributed by atoms with Crippen molar-refractivity contribution in [3.63, 3.8) is 0 Å². The van der Waals surface area contributed by atoms with Crippen molar-refractivity contribution in [3.8, 4) is 23.0 Å².